The predicted molar refractivity (Wildman–Crippen MR) is 93.4 cm³/mol. The minimum Gasteiger partial charge on any atom is -0.361 e. The zero-order valence-electron chi connectivity index (χ0n) is 13.6. The second-order valence-corrected chi connectivity index (χ2v) is 6.35. The lowest BCUT2D eigenvalue weighted by molar-refractivity contribution is 0.0952. The van der Waals surface area contributed by atoms with Crippen molar-refractivity contribution < 1.29 is 9.18 Å². The van der Waals surface area contributed by atoms with Gasteiger partial charge in [0.15, 0.2) is 0 Å². The van der Waals surface area contributed by atoms with Gasteiger partial charge >= 0.3 is 0 Å². The summed E-state index contributed by atoms with van der Waals surface area (Å²) in [7, 11) is 0. The van der Waals surface area contributed by atoms with Gasteiger partial charge in [-0.2, -0.15) is 0 Å². The Bertz CT molecular complexity index is 1020. The van der Waals surface area contributed by atoms with Gasteiger partial charge in [0.1, 0.15) is 11.4 Å². The lowest BCUT2D eigenvalue weighted by Crippen LogP contribution is -2.31. The number of rotatable bonds is 4. The summed E-state index contributed by atoms with van der Waals surface area (Å²) in [6.07, 6.45) is 4.99. The standard InChI is InChI=1S/C19H18FN3O2/c20-14-4-2-6-16-17(14)12(10-22-16)7-8-21-18(24)13-9-11-3-1-5-15(11)23-19(13)25/h2,4,6,9-10,22H,1,3,5,7-8H2,(H,21,24)(H,23,25). The summed E-state index contributed by atoms with van der Waals surface area (Å²) in [5.74, 6) is -0.675. The highest BCUT2D eigenvalue weighted by atomic mass is 19.1. The van der Waals surface area contributed by atoms with Crippen LogP contribution in [0.1, 0.15) is 33.6 Å². The maximum Gasteiger partial charge on any atom is 0.261 e. The van der Waals surface area contributed by atoms with Gasteiger partial charge in [0.2, 0.25) is 0 Å². The molecule has 0 atom stereocenters. The van der Waals surface area contributed by atoms with E-state index >= 15 is 0 Å². The Morgan fingerprint density at radius 3 is 3.04 bits per heavy atom. The fourth-order valence-corrected chi connectivity index (χ4v) is 3.49. The van der Waals surface area contributed by atoms with E-state index in [1.165, 1.54) is 6.07 Å². The molecular formula is C19H18FN3O2. The first-order valence-corrected chi connectivity index (χ1v) is 8.41. The van der Waals surface area contributed by atoms with E-state index in [1.807, 2.05) is 6.07 Å². The Hall–Kier alpha value is -2.89. The third kappa shape index (κ3) is 2.84. The van der Waals surface area contributed by atoms with Crippen molar-refractivity contribution in [2.24, 2.45) is 0 Å². The maximum atomic E-state index is 14.0. The molecule has 0 saturated carbocycles. The second kappa shape index (κ2) is 6.20. The summed E-state index contributed by atoms with van der Waals surface area (Å²) in [4.78, 5) is 30.2. The highest BCUT2D eigenvalue weighted by molar-refractivity contribution is 5.94. The third-order valence-electron chi connectivity index (χ3n) is 4.75. The fraction of sp³-hybridized carbons (Fsp3) is 0.263. The van der Waals surface area contributed by atoms with Crippen LogP contribution >= 0.6 is 0 Å². The lowest BCUT2D eigenvalue weighted by Gasteiger charge is -2.06. The molecule has 2 aromatic heterocycles. The molecule has 1 aromatic carbocycles. The SMILES string of the molecule is O=C(NCCc1c[nH]c2cccc(F)c12)c1cc2c([nH]c1=O)CCC2. The highest BCUT2D eigenvalue weighted by Gasteiger charge is 2.18. The molecule has 0 aliphatic heterocycles. The summed E-state index contributed by atoms with van der Waals surface area (Å²) in [5, 5.41) is 3.31. The molecule has 0 radical (unpaired) electrons. The largest absolute Gasteiger partial charge is 0.361 e. The molecule has 0 unspecified atom stereocenters. The zero-order valence-corrected chi connectivity index (χ0v) is 13.6. The molecule has 5 nitrogen and oxygen atoms in total. The quantitative estimate of drug-likeness (QED) is 0.683. The van der Waals surface area contributed by atoms with E-state index in [2.05, 4.69) is 15.3 Å². The molecule has 4 rings (SSSR count). The molecule has 0 bridgehead atoms. The van der Waals surface area contributed by atoms with Crippen molar-refractivity contribution in [1.82, 2.24) is 15.3 Å². The van der Waals surface area contributed by atoms with Crippen LogP contribution in [0.5, 0.6) is 0 Å². The Morgan fingerprint density at radius 2 is 2.16 bits per heavy atom. The number of aromatic nitrogens is 2. The number of pyridine rings is 1. The molecule has 0 saturated heterocycles. The van der Waals surface area contributed by atoms with Crippen LogP contribution in [0.15, 0.2) is 35.3 Å². The number of aryl methyl sites for hydroxylation is 2. The highest BCUT2D eigenvalue weighted by Crippen LogP contribution is 2.22. The molecular weight excluding hydrogens is 321 g/mol. The van der Waals surface area contributed by atoms with Crippen LogP contribution < -0.4 is 10.9 Å². The summed E-state index contributed by atoms with van der Waals surface area (Å²) in [5.41, 5.74) is 3.31. The first-order chi connectivity index (χ1) is 12.1. The first-order valence-electron chi connectivity index (χ1n) is 8.41. The fourth-order valence-electron chi connectivity index (χ4n) is 3.49. The van der Waals surface area contributed by atoms with E-state index in [4.69, 9.17) is 0 Å². The molecule has 6 heteroatoms. The van der Waals surface area contributed by atoms with Gasteiger partial charge in [-0.3, -0.25) is 9.59 Å². The second-order valence-electron chi connectivity index (χ2n) is 6.35. The lowest BCUT2D eigenvalue weighted by atomic mass is 10.1. The minimum absolute atomic E-state index is 0.144. The van der Waals surface area contributed by atoms with Crippen molar-refractivity contribution in [1.29, 1.82) is 0 Å². The normalized spacial score (nSPS) is 13.2. The van der Waals surface area contributed by atoms with Crippen LogP contribution in [-0.2, 0) is 19.3 Å². The number of carbonyl (C=O) groups excluding carboxylic acids is 1. The summed E-state index contributed by atoms with van der Waals surface area (Å²) < 4.78 is 14.0. The number of aromatic amines is 2. The average molecular weight is 339 g/mol. The van der Waals surface area contributed by atoms with Crippen LogP contribution in [0.25, 0.3) is 10.9 Å². The van der Waals surface area contributed by atoms with Gasteiger partial charge in [-0.15, -0.1) is 0 Å². The number of nitrogens with one attached hydrogen (secondary N) is 3. The van der Waals surface area contributed by atoms with E-state index in [-0.39, 0.29) is 16.9 Å². The molecule has 3 aromatic rings. The number of carbonyl (C=O) groups is 1. The molecule has 1 aliphatic rings. The van der Waals surface area contributed by atoms with Crippen molar-refractivity contribution in [3.8, 4) is 0 Å². The maximum absolute atomic E-state index is 14.0. The molecule has 128 valence electrons. The predicted octanol–water partition coefficient (Wildman–Crippen LogP) is 2.46. The zero-order chi connectivity index (χ0) is 17.4. The molecule has 0 fully saturated rings. The van der Waals surface area contributed by atoms with Crippen molar-refractivity contribution >= 4 is 16.8 Å². The van der Waals surface area contributed by atoms with Crippen LogP contribution in [0.2, 0.25) is 0 Å². The third-order valence-corrected chi connectivity index (χ3v) is 4.75. The van der Waals surface area contributed by atoms with Crippen LogP contribution in [0.3, 0.4) is 0 Å². The van der Waals surface area contributed by atoms with Gasteiger partial charge in [0.25, 0.3) is 11.5 Å². The molecule has 1 amide bonds. The number of hydrogen-bond donors (Lipinski definition) is 3. The molecule has 1 aliphatic carbocycles. The van der Waals surface area contributed by atoms with E-state index in [1.54, 1.807) is 18.3 Å². The van der Waals surface area contributed by atoms with Gasteiger partial charge in [0, 0.05) is 29.3 Å². The summed E-state index contributed by atoms with van der Waals surface area (Å²) >= 11 is 0. The van der Waals surface area contributed by atoms with Gasteiger partial charge in [-0.05, 0) is 55.0 Å². The van der Waals surface area contributed by atoms with Crippen LogP contribution in [0.4, 0.5) is 4.39 Å². The molecule has 0 spiro atoms. The van der Waals surface area contributed by atoms with Gasteiger partial charge in [-0.1, -0.05) is 6.07 Å². The molecule has 2 heterocycles. The van der Waals surface area contributed by atoms with Crippen molar-refractivity contribution in [2.45, 2.75) is 25.7 Å². The Labute approximate surface area is 143 Å². The van der Waals surface area contributed by atoms with Crippen molar-refractivity contribution in [2.75, 3.05) is 6.54 Å². The Kier molecular flexibility index (Phi) is 3.87. The summed E-state index contributed by atoms with van der Waals surface area (Å²) in [6.45, 7) is 0.330. The number of fused-ring (bicyclic) bond motifs is 2. The number of H-pyrrole nitrogens is 2. The van der Waals surface area contributed by atoms with E-state index < -0.39 is 5.91 Å². The minimum atomic E-state index is -0.392. The molecule has 3 N–H and O–H groups in total. The smallest absolute Gasteiger partial charge is 0.261 e. The van der Waals surface area contributed by atoms with E-state index in [0.29, 0.717) is 18.4 Å². The number of benzene rings is 1. The average Bonchev–Trinajstić information content (AvgIpc) is 3.21. The molecule has 25 heavy (non-hydrogen) atoms. The monoisotopic (exact) mass is 339 g/mol. The van der Waals surface area contributed by atoms with Crippen molar-refractivity contribution in [3.05, 3.63) is 69.0 Å². The number of hydrogen-bond acceptors (Lipinski definition) is 2. The Morgan fingerprint density at radius 1 is 1.28 bits per heavy atom. The summed E-state index contributed by atoms with van der Waals surface area (Å²) in [6, 6.07) is 6.58. The van der Waals surface area contributed by atoms with E-state index in [0.717, 1.165) is 41.6 Å². The van der Waals surface area contributed by atoms with Gasteiger partial charge in [-0.25, -0.2) is 4.39 Å². The number of halogens is 1. The topological polar surface area (TPSA) is 77.8 Å². The van der Waals surface area contributed by atoms with E-state index in [9.17, 15) is 14.0 Å². The van der Waals surface area contributed by atoms with Crippen LogP contribution in [0, 0.1) is 5.82 Å². The Balaban J connectivity index is 1.47. The van der Waals surface area contributed by atoms with Gasteiger partial charge < -0.3 is 15.3 Å². The van der Waals surface area contributed by atoms with Crippen LogP contribution in [-0.4, -0.2) is 22.4 Å². The number of amides is 1. The van der Waals surface area contributed by atoms with Gasteiger partial charge in [0.05, 0.1) is 0 Å². The van der Waals surface area contributed by atoms with Crippen molar-refractivity contribution in [3.63, 3.8) is 0 Å². The first kappa shape index (κ1) is 15.6.